The number of methoxy groups -OCH3 is 2. The maximum absolute atomic E-state index is 5.63. The Balaban J connectivity index is 2.37. The Hall–Kier alpha value is -2.75. The van der Waals surface area contributed by atoms with Crippen LogP contribution >= 0.6 is 0 Å². The molecule has 0 aliphatic rings. The lowest BCUT2D eigenvalue weighted by atomic mass is 10.0. The van der Waals surface area contributed by atoms with E-state index in [0.717, 1.165) is 38.7 Å². The lowest BCUT2D eigenvalue weighted by molar-refractivity contribution is 0.359. The molecule has 4 aromatic rings. The van der Waals surface area contributed by atoms with Crippen LogP contribution in [0.1, 0.15) is 0 Å². The molecule has 0 bridgehead atoms. The Bertz CT molecular complexity index is 973. The van der Waals surface area contributed by atoms with Crippen LogP contribution in [0.4, 0.5) is 0 Å². The van der Waals surface area contributed by atoms with E-state index >= 15 is 0 Å². The third-order valence-corrected chi connectivity index (χ3v) is 3.87. The molecule has 0 unspecified atom stereocenters. The summed E-state index contributed by atoms with van der Waals surface area (Å²) in [4.78, 5) is 0. The topological polar surface area (TPSA) is 35.8 Å². The number of hydrogen-bond donors (Lipinski definition) is 0. The molecule has 2 aromatic heterocycles. The molecule has 4 rings (SSSR count). The van der Waals surface area contributed by atoms with Gasteiger partial charge in [0, 0.05) is 16.2 Å². The molecule has 0 amide bonds. The second-order valence-electron chi connectivity index (χ2n) is 4.87. The van der Waals surface area contributed by atoms with Gasteiger partial charge in [0.1, 0.15) is 0 Å². The first-order chi connectivity index (χ1) is 10.3. The van der Waals surface area contributed by atoms with Crippen LogP contribution < -0.4 is 9.47 Å². The highest BCUT2D eigenvalue weighted by Gasteiger charge is 2.15. The van der Waals surface area contributed by atoms with Crippen molar-refractivity contribution in [3.63, 3.8) is 0 Å². The largest absolute Gasteiger partial charge is 0.493 e. The predicted octanol–water partition coefficient (Wildman–Crippen LogP) is 3.66. The van der Waals surface area contributed by atoms with Crippen molar-refractivity contribution in [1.82, 2.24) is 9.61 Å². The molecule has 21 heavy (non-hydrogen) atoms. The van der Waals surface area contributed by atoms with E-state index < -0.39 is 0 Å². The number of rotatable bonds is 2. The first-order valence-corrected chi connectivity index (χ1v) is 6.74. The van der Waals surface area contributed by atoms with Gasteiger partial charge in [-0.1, -0.05) is 18.2 Å². The maximum Gasteiger partial charge on any atom is 0.169 e. The molecular weight excluding hydrogens is 264 g/mol. The fourth-order valence-corrected chi connectivity index (χ4v) is 2.98. The van der Waals surface area contributed by atoms with Gasteiger partial charge in [-0.15, -0.1) is 0 Å². The molecule has 0 N–H and O–H groups in total. The average Bonchev–Trinajstić information content (AvgIpc) is 3.03. The van der Waals surface area contributed by atoms with Crippen molar-refractivity contribution >= 4 is 27.2 Å². The number of para-hydroxylation sites is 1. The minimum Gasteiger partial charge on any atom is -0.493 e. The van der Waals surface area contributed by atoms with Crippen molar-refractivity contribution in [3.8, 4) is 11.5 Å². The Labute approximate surface area is 121 Å². The highest BCUT2D eigenvalue weighted by molar-refractivity contribution is 6.15. The van der Waals surface area contributed by atoms with Crippen LogP contribution in [-0.4, -0.2) is 23.8 Å². The van der Waals surface area contributed by atoms with Crippen LogP contribution in [-0.2, 0) is 0 Å². The third-order valence-electron chi connectivity index (χ3n) is 3.87. The van der Waals surface area contributed by atoms with Crippen molar-refractivity contribution in [2.75, 3.05) is 14.2 Å². The first kappa shape index (κ1) is 12.0. The number of aromatic nitrogens is 2. The lowest BCUT2D eigenvalue weighted by Gasteiger charge is -2.14. The summed E-state index contributed by atoms with van der Waals surface area (Å²) in [5.74, 6) is 1.49. The first-order valence-electron chi connectivity index (χ1n) is 6.74. The average molecular weight is 278 g/mol. The van der Waals surface area contributed by atoms with Crippen molar-refractivity contribution in [3.05, 3.63) is 48.7 Å². The molecule has 0 spiro atoms. The zero-order valence-corrected chi connectivity index (χ0v) is 11.8. The van der Waals surface area contributed by atoms with E-state index in [4.69, 9.17) is 9.47 Å². The smallest absolute Gasteiger partial charge is 0.169 e. The Morgan fingerprint density at radius 3 is 2.43 bits per heavy atom. The van der Waals surface area contributed by atoms with Gasteiger partial charge in [-0.2, -0.15) is 5.10 Å². The molecule has 2 aromatic carbocycles. The summed E-state index contributed by atoms with van der Waals surface area (Å²) in [6.45, 7) is 0. The van der Waals surface area contributed by atoms with E-state index in [-0.39, 0.29) is 0 Å². The van der Waals surface area contributed by atoms with Crippen LogP contribution in [0.25, 0.3) is 27.2 Å². The van der Waals surface area contributed by atoms with Crippen LogP contribution in [0.5, 0.6) is 11.5 Å². The molecule has 4 heteroatoms. The number of fused-ring (bicyclic) bond motifs is 6. The molecule has 0 saturated heterocycles. The number of hydrogen-bond acceptors (Lipinski definition) is 3. The van der Waals surface area contributed by atoms with Gasteiger partial charge in [0.25, 0.3) is 0 Å². The molecule has 2 heterocycles. The molecule has 0 aliphatic heterocycles. The Morgan fingerprint density at radius 2 is 1.62 bits per heavy atom. The van der Waals surface area contributed by atoms with Crippen LogP contribution in [0.3, 0.4) is 0 Å². The second-order valence-corrected chi connectivity index (χ2v) is 4.87. The molecule has 0 aliphatic carbocycles. The fourth-order valence-electron chi connectivity index (χ4n) is 2.98. The zero-order chi connectivity index (χ0) is 14.4. The van der Waals surface area contributed by atoms with E-state index in [1.807, 2.05) is 35.0 Å². The molecule has 0 saturated carbocycles. The van der Waals surface area contributed by atoms with Gasteiger partial charge in [0.2, 0.25) is 0 Å². The van der Waals surface area contributed by atoms with Gasteiger partial charge >= 0.3 is 0 Å². The highest BCUT2D eigenvalue weighted by atomic mass is 16.5. The SMILES string of the molecule is COc1ccc2c(c1OC)c1ccccc1n1nccc21. The van der Waals surface area contributed by atoms with E-state index in [0.29, 0.717) is 0 Å². The molecule has 104 valence electrons. The van der Waals surface area contributed by atoms with Gasteiger partial charge in [-0.25, -0.2) is 4.52 Å². The minimum atomic E-state index is 0.735. The molecular formula is C17H14N2O2. The summed E-state index contributed by atoms with van der Waals surface area (Å²) in [6, 6.07) is 14.2. The molecule has 0 radical (unpaired) electrons. The maximum atomic E-state index is 5.63. The molecule has 0 fully saturated rings. The summed E-state index contributed by atoms with van der Waals surface area (Å²) < 4.78 is 13.0. The fraction of sp³-hybridized carbons (Fsp3) is 0.118. The van der Waals surface area contributed by atoms with Gasteiger partial charge in [-0.05, 0) is 24.3 Å². The Kier molecular flexibility index (Phi) is 2.51. The zero-order valence-electron chi connectivity index (χ0n) is 11.8. The van der Waals surface area contributed by atoms with E-state index in [9.17, 15) is 0 Å². The van der Waals surface area contributed by atoms with E-state index in [1.165, 1.54) is 0 Å². The van der Waals surface area contributed by atoms with E-state index in [2.05, 4.69) is 23.3 Å². The van der Waals surface area contributed by atoms with Crippen molar-refractivity contribution in [1.29, 1.82) is 0 Å². The van der Waals surface area contributed by atoms with Crippen molar-refractivity contribution in [2.45, 2.75) is 0 Å². The number of pyridine rings is 1. The summed E-state index contributed by atoms with van der Waals surface area (Å²) in [5.41, 5.74) is 2.11. The predicted molar refractivity (Wildman–Crippen MR) is 83.3 cm³/mol. The number of ether oxygens (including phenoxy) is 2. The standard InChI is InChI=1S/C17H14N2O2/c1-20-15-8-7-12-14-9-10-18-19(14)13-6-4-3-5-11(13)16(12)17(15)21-2/h3-10H,1-2H3. The summed E-state index contributed by atoms with van der Waals surface area (Å²) in [5, 5.41) is 7.69. The highest BCUT2D eigenvalue weighted by Crippen LogP contribution is 2.41. The van der Waals surface area contributed by atoms with Crippen LogP contribution in [0, 0.1) is 0 Å². The van der Waals surface area contributed by atoms with Crippen LogP contribution in [0.2, 0.25) is 0 Å². The lowest BCUT2D eigenvalue weighted by Crippen LogP contribution is -1.96. The summed E-state index contributed by atoms with van der Waals surface area (Å²) in [6.07, 6.45) is 1.82. The Morgan fingerprint density at radius 1 is 0.857 bits per heavy atom. The molecule has 0 atom stereocenters. The number of nitrogens with zero attached hydrogens (tertiary/aromatic N) is 2. The number of benzene rings is 2. The monoisotopic (exact) mass is 278 g/mol. The minimum absolute atomic E-state index is 0.735. The van der Waals surface area contributed by atoms with Gasteiger partial charge in [-0.3, -0.25) is 0 Å². The normalized spacial score (nSPS) is 11.3. The van der Waals surface area contributed by atoms with Crippen LogP contribution in [0.15, 0.2) is 48.7 Å². The van der Waals surface area contributed by atoms with Crippen molar-refractivity contribution in [2.24, 2.45) is 0 Å². The van der Waals surface area contributed by atoms with E-state index in [1.54, 1.807) is 14.2 Å². The summed E-state index contributed by atoms with van der Waals surface area (Å²) in [7, 11) is 3.33. The van der Waals surface area contributed by atoms with Gasteiger partial charge < -0.3 is 9.47 Å². The summed E-state index contributed by atoms with van der Waals surface area (Å²) >= 11 is 0. The van der Waals surface area contributed by atoms with Crippen molar-refractivity contribution < 1.29 is 9.47 Å². The molecule has 4 nitrogen and oxygen atoms in total. The third kappa shape index (κ3) is 1.53. The second kappa shape index (κ2) is 4.38. The quantitative estimate of drug-likeness (QED) is 0.525. The van der Waals surface area contributed by atoms with Gasteiger partial charge in [0.05, 0.1) is 31.4 Å². The van der Waals surface area contributed by atoms with Gasteiger partial charge in [0.15, 0.2) is 11.5 Å².